The summed E-state index contributed by atoms with van der Waals surface area (Å²) in [7, 11) is -3.67. The highest BCUT2D eigenvalue weighted by Crippen LogP contribution is 2.38. The van der Waals surface area contributed by atoms with Gasteiger partial charge in [-0.2, -0.15) is 0 Å². The first-order chi connectivity index (χ1) is 9.64. The minimum absolute atomic E-state index is 0.0405. The molecule has 0 amide bonds. The maximum absolute atomic E-state index is 12.5. The maximum atomic E-state index is 12.5. The Balaban J connectivity index is 2.28. The summed E-state index contributed by atoms with van der Waals surface area (Å²) in [5, 5.41) is 0.491. The molecule has 0 spiro atoms. The number of hydrogen-bond acceptors (Lipinski definition) is 3. The van der Waals surface area contributed by atoms with Gasteiger partial charge in [0, 0.05) is 17.6 Å². The highest BCUT2D eigenvalue weighted by atomic mass is 35.5. The van der Waals surface area contributed by atoms with E-state index in [-0.39, 0.29) is 27.9 Å². The molecule has 1 atom stereocenters. The van der Waals surface area contributed by atoms with E-state index in [2.05, 4.69) is 18.6 Å². The van der Waals surface area contributed by atoms with Crippen LogP contribution in [0.25, 0.3) is 0 Å². The molecule has 1 aliphatic rings. The third kappa shape index (κ3) is 3.90. The van der Waals surface area contributed by atoms with E-state index in [1.165, 1.54) is 12.1 Å². The number of rotatable bonds is 4. The van der Waals surface area contributed by atoms with Gasteiger partial charge in [0.2, 0.25) is 10.0 Å². The van der Waals surface area contributed by atoms with Crippen molar-refractivity contribution in [1.29, 1.82) is 0 Å². The van der Waals surface area contributed by atoms with Crippen molar-refractivity contribution in [2.24, 2.45) is 11.1 Å². The van der Waals surface area contributed by atoms with Crippen molar-refractivity contribution in [3.05, 3.63) is 27.7 Å². The van der Waals surface area contributed by atoms with Gasteiger partial charge in [0.1, 0.15) is 4.90 Å². The van der Waals surface area contributed by atoms with Crippen molar-refractivity contribution >= 4 is 33.2 Å². The van der Waals surface area contributed by atoms with Crippen LogP contribution >= 0.6 is 23.2 Å². The zero-order valence-electron chi connectivity index (χ0n) is 12.1. The first-order valence-electron chi connectivity index (χ1n) is 6.85. The molecule has 1 unspecified atom stereocenters. The van der Waals surface area contributed by atoms with Crippen molar-refractivity contribution in [2.75, 3.05) is 0 Å². The van der Waals surface area contributed by atoms with Crippen molar-refractivity contribution in [3.8, 4) is 0 Å². The first-order valence-corrected chi connectivity index (χ1v) is 9.09. The van der Waals surface area contributed by atoms with Crippen LogP contribution in [-0.2, 0) is 16.6 Å². The fourth-order valence-electron chi connectivity index (χ4n) is 2.75. The summed E-state index contributed by atoms with van der Waals surface area (Å²) in [5.74, 6) is 0. The van der Waals surface area contributed by atoms with E-state index in [9.17, 15) is 8.42 Å². The smallest absolute Gasteiger partial charge is 0.242 e. The highest BCUT2D eigenvalue weighted by Gasteiger charge is 2.34. The average molecular weight is 351 g/mol. The lowest BCUT2D eigenvalue weighted by atomic mass is 9.92. The Morgan fingerprint density at radius 3 is 2.52 bits per heavy atom. The van der Waals surface area contributed by atoms with Gasteiger partial charge in [-0.1, -0.05) is 37.0 Å². The Kier molecular flexibility index (Phi) is 4.90. The van der Waals surface area contributed by atoms with Gasteiger partial charge in [0.25, 0.3) is 0 Å². The molecule has 0 heterocycles. The van der Waals surface area contributed by atoms with Gasteiger partial charge in [0.05, 0.1) is 5.02 Å². The first kappa shape index (κ1) is 17.0. The minimum Gasteiger partial charge on any atom is -0.326 e. The monoisotopic (exact) mass is 350 g/mol. The van der Waals surface area contributed by atoms with Crippen LogP contribution in [0.5, 0.6) is 0 Å². The van der Waals surface area contributed by atoms with E-state index in [1.807, 2.05) is 0 Å². The van der Waals surface area contributed by atoms with Crippen LogP contribution < -0.4 is 10.5 Å². The molecule has 1 aliphatic carbocycles. The van der Waals surface area contributed by atoms with Gasteiger partial charge < -0.3 is 5.73 Å². The molecule has 0 aromatic heterocycles. The number of benzene rings is 1. The Hall–Kier alpha value is -0.330. The second kappa shape index (κ2) is 6.05. The number of nitrogens with one attached hydrogen (secondary N) is 1. The minimum atomic E-state index is -3.67. The Bertz CT molecular complexity index is 645. The second-order valence-electron chi connectivity index (χ2n) is 6.30. The lowest BCUT2D eigenvalue weighted by Crippen LogP contribution is -2.33. The molecule has 118 valence electrons. The average Bonchev–Trinajstić information content (AvgIpc) is 2.67. The largest absolute Gasteiger partial charge is 0.326 e. The van der Waals surface area contributed by atoms with Crippen LogP contribution in [-0.4, -0.2) is 14.5 Å². The fourth-order valence-corrected chi connectivity index (χ4v) is 4.90. The standard InChI is InChI=1S/C14H20Cl2N2O2S/c1-14(2)4-3-10(7-14)18-21(19,20)13-5-9(8-17)11(15)6-12(13)16/h5-6,10,18H,3-4,7-8,17H2,1-2H3. The molecule has 2 rings (SSSR count). The molecule has 7 heteroatoms. The van der Waals surface area contributed by atoms with Crippen LogP contribution in [0.4, 0.5) is 0 Å². The zero-order chi connectivity index (χ0) is 15.8. The Morgan fingerprint density at radius 2 is 2.00 bits per heavy atom. The van der Waals surface area contributed by atoms with Gasteiger partial charge in [-0.15, -0.1) is 0 Å². The summed E-state index contributed by atoms with van der Waals surface area (Å²) in [6.45, 7) is 4.45. The molecule has 0 aliphatic heterocycles. The predicted octanol–water partition coefficient (Wildman–Crippen LogP) is 3.31. The maximum Gasteiger partial charge on any atom is 0.242 e. The molecule has 3 N–H and O–H groups in total. The molecule has 0 saturated heterocycles. The summed E-state index contributed by atoms with van der Waals surface area (Å²) in [6.07, 6.45) is 2.66. The van der Waals surface area contributed by atoms with Gasteiger partial charge in [-0.3, -0.25) is 0 Å². The summed E-state index contributed by atoms with van der Waals surface area (Å²) in [6, 6.07) is 2.82. The third-order valence-electron chi connectivity index (χ3n) is 3.90. The SMILES string of the molecule is CC1(C)CCC(NS(=O)(=O)c2cc(CN)c(Cl)cc2Cl)C1. The molecule has 1 saturated carbocycles. The molecule has 0 radical (unpaired) electrons. The lowest BCUT2D eigenvalue weighted by Gasteiger charge is -2.18. The Morgan fingerprint density at radius 1 is 1.33 bits per heavy atom. The van der Waals surface area contributed by atoms with Crippen LogP contribution in [0.3, 0.4) is 0 Å². The summed E-state index contributed by atoms with van der Waals surface area (Å²) in [5.41, 5.74) is 6.30. The predicted molar refractivity (Wildman–Crippen MR) is 86.1 cm³/mol. The van der Waals surface area contributed by atoms with E-state index >= 15 is 0 Å². The van der Waals surface area contributed by atoms with Crippen LogP contribution in [0.15, 0.2) is 17.0 Å². The van der Waals surface area contributed by atoms with Gasteiger partial charge in [-0.25, -0.2) is 13.1 Å². The second-order valence-corrected chi connectivity index (χ2v) is 8.80. The van der Waals surface area contributed by atoms with E-state index in [1.54, 1.807) is 0 Å². The summed E-state index contributed by atoms with van der Waals surface area (Å²) in [4.78, 5) is 0.0405. The van der Waals surface area contributed by atoms with Gasteiger partial charge in [0.15, 0.2) is 0 Å². The lowest BCUT2D eigenvalue weighted by molar-refractivity contribution is 0.372. The molecular weight excluding hydrogens is 331 g/mol. The molecule has 4 nitrogen and oxygen atoms in total. The third-order valence-corrected chi connectivity index (χ3v) is 6.24. The summed E-state index contributed by atoms with van der Waals surface area (Å²) < 4.78 is 27.8. The number of hydrogen-bond donors (Lipinski definition) is 2. The molecule has 0 bridgehead atoms. The highest BCUT2D eigenvalue weighted by molar-refractivity contribution is 7.89. The fraction of sp³-hybridized carbons (Fsp3) is 0.571. The number of sulfonamides is 1. The summed E-state index contributed by atoms with van der Waals surface area (Å²) >= 11 is 12.0. The van der Waals surface area contributed by atoms with Crippen LogP contribution in [0.1, 0.15) is 38.7 Å². The van der Waals surface area contributed by atoms with Crippen molar-refractivity contribution < 1.29 is 8.42 Å². The van der Waals surface area contributed by atoms with Crippen LogP contribution in [0, 0.1) is 5.41 Å². The topological polar surface area (TPSA) is 72.2 Å². The number of halogens is 2. The molecule has 1 fully saturated rings. The van der Waals surface area contributed by atoms with E-state index in [0.717, 1.165) is 19.3 Å². The quantitative estimate of drug-likeness (QED) is 0.874. The normalized spacial score (nSPS) is 21.7. The number of nitrogens with two attached hydrogens (primary N) is 1. The van der Waals surface area contributed by atoms with Gasteiger partial charge in [-0.05, 0) is 42.4 Å². The van der Waals surface area contributed by atoms with E-state index in [4.69, 9.17) is 28.9 Å². The van der Waals surface area contributed by atoms with Crippen molar-refractivity contribution in [1.82, 2.24) is 4.72 Å². The molecule has 1 aromatic rings. The molecule has 21 heavy (non-hydrogen) atoms. The zero-order valence-corrected chi connectivity index (χ0v) is 14.4. The van der Waals surface area contributed by atoms with Crippen molar-refractivity contribution in [2.45, 2.75) is 50.6 Å². The van der Waals surface area contributed by atoms with E-state index < -0.39 is 10.0 Å². The molecule has 1 aromatic carbocycles. The molecular formula is C14H20Cl2N2O2S. The van der Waals surface area contributed by atoms with Gasteiger partial charge >= 0.3 is 0 Å². The van der Waals surface area contributed by atoms with Crippen LogP contribution in [0.2, 0.25) is 10.0 Å². The van der Waals surface area contributed by atoms with E-state index in [0.29, 0.717) is 10.6 Å². The van der Waals surface area contributed by atoms with Crippen molar-refractivity contribution in [3.63, 3.8) is 0 Å². The Labute approximate surface area is 136 Å².